The van der Waals surface area contributed by atoms with Crippen LogP contribution in [0.2, 0.25) is 0 Å². The van der Waals surface area contributed by atoms with Gasteiger partial charge in [-0.1, -0.05) is 117 Å². The molecule has 1 atom stereocenters. The fourth-order valence-corrected chi connectivity index (χ4v) is 2.93. The summed E-state index contributed by atoms with van der Waals surface area (Å²) in [6.07, 6.45) is 23.9. The van der Waals surface area contributed by atoms with E-state index in [1.165, 1.54) is 96.3 Å². The van der Waals surface area contributed by atoms with Crippen LogP contribution in [0, 0.1) is 12.3 Å². The standard InChI is InChI=1S/C20H41/c1-4-6-8-10-12-13-15-17-19-20(3)18-16-14-11-9-7-5-2/h6,20H,4-5,7-19H2,1-3H3. The minimum absolute atomic E-state index is 0.967. The molecule has 0 saturated carbocycles. The van der Waals surface area contributed by atoms with E-state index in [0.29, 0.717) is 0 Å². The lowest BCUT2D eigenvalue weighted by Gasteiger charge is -2.11. The summed E-state index contributed by atoms with van der Waals surface area (Å²) in [5.41, 5.74) is 0. The van der Waals surface area contributed by atoms with Crippen LogP contribution in [-0.4, -0.2) is 0 Å². The molecule has 0 amide bonds. The summed E-state index contributed by atoms with van der Waals surface area (Å²) in [5.74, 6) is 0.967. The van der Waals surface area contributed by atoms with Crippen molar-refractivity contribution in [3.05, 3.63) is 6.42 Å². The second-order valence-electron chi connectivity index (χ2n) is 6.70. The summed E-state index contributed by atoms with van der Waals surface area (Å²) in [6, 6.07) is 0. The SMILES string of the molecule is CC[CH]CCCCCCCC(C)CCCCCCCC. The van der Waals surface area contributed by atoms with Crippen LogP contribution in [0.25, 0.3) is 0 Å². The Morgan fingerprint density at radius 3 is 1.70 bits per heavy atom. The molecule has 0 fully saturated rings. The van der Waals surface area contributed by atoms with Gasteiger partial charge < -0.3 is 0 Å². The molecule has 0 saturated heterocycles. The van der Waals surface area contributed by atoms with Crippen molar-refractivity contribution in [1.29, 1.82) is 0 Å². The maximum atomic E-state index is 2.46. The Morgan fingerprint density at radius 1 is 0.650 bits per heavy atom. The zero-order valence-electron chi connectivity index (χ0n) is 14.8. The van der Waals surface area contributed by atoms with Crippen molar-refractivity contribution in [3.8, 4) is 0 Å². The van der Waals surface area contributed by atoms with Crippen LogP contribution < -0.4 is 0 Å². The molecule has 0 aliphatic rings. The van der Waals surface area contributed by atoms with Gasteiger partial charge >= 0.3 is 0 Å². The summed E-state index contributed by atoms with van der Waals surface area (Å²) in [5, 5.41) is 0. The van der Waals surface area contributed by atoms with Gasteiger partial charge in [-0.2, -0.15) is 0 Å². The lowest BCUT2D eigenvalue weighted by atomic mass is 9.96. The average molecular weight is 282 g/mol. The minimum atomic E-state index is 0.967. The molecule has 0 heteroatoms. The summed E-state index contributed by atoms with van der Waals surface area (Å²) in [4.78, 5) is 0. The molecule has 1 unspecified atom stereocenters. The molecule has 0 rings (SSSR count). The molecule has 0 heterocycles. The third-order valence-corrected chi connectivity index (χ3v) is 4.44. The predicted octanol–water partition coefficient (Wildman–Crippen LogP) is 7.72. The Labute approximate surface area is 130 Å². The van der Waals surface area contributed by atoms with Crippen LogP contribution in [0.5, 0.6) is 0 Å². The molecule has 0 aromatic carbocycles. The predicted molar refractivity (Wildman–Crippen MR) is 94.1 cm³/mol. The average Bonchev–Trinajstić information content (AvgIpc) is 2.45. The Hall–Kier alpha value is 0. The van der Waals surface area contributed by atoms with Crippen LogP contribution in [0.15, 0.2) is 0 Å². The lowest BCUT2D eigenvalue weighted by molar-refractivity contribution is 0.432. The van der Waals surface area contributed by atoms with Crippen LogP contribution in [0.3, 0.4) is 0 Å². The molecular formula is C20H41. The first-order chi connectivity index (χ1) is 9.81. The van der Waals surface area contributed by atoms with Crippen molar-refractivity contribution in [1.82, 2.24) is 0 Å². The van der Waals surface area contributed by atoms with Gasteiger partial charge in [0.15, 0.2) is 0 Å². The monoisotopic (exact) mass is 281 g/mol. The second-order valence-corrected chi connectivity index (χ2v) is 6.70. The van der Waals surface area contributed by atoms with E-state index in [1.54, 1.807) is 0 Å². The maximum absolute atomic E-state index is 2.46. The Balaban J connectivity index is 3.10. The molecule has 0 aromatic rings. The minimum Gasteiger partial charge on any atom is -0.0654 e. The smallest absolute Gasteiger partial charge is 0.0389 e. The van der Waals surface area contributed by atoms with E-state index in [2.05, 4.69) is 27.2 Å². The van der Waals surface area contributed by atoms with Crippen LogP contribution >= 0.6 is 0 Å². The summed E-state index contributed by atoms with van der Waals surface area (Å²) < 4.78 is 0. The van der Waals surface area contributed by atoms with E-state index < -0.39 is 0 Å². The number of hydrogen-bond acceptors (Lipinski definition) is 0. The second kappa shape index (κ2) is 17.1. The van der Waals surface area contributed by atoms with Crippen molar-refractivity contribution >= 4 is 0 Å². The topological polar surface area (TPSA) is 0 Å². The van der Waals surface area contributed by atoms with Crippen molar-refractivity contribution in [2.24, 2.45) is 5.92 Å². The van der Waals surface area contributed by atoms with E-state index in [1.807, 2.05) is 0 Å². The molecule has 0 aliphatic carbocycles. The number of rotatable bonds is 16. The molecule has 20 heavy (non-hydrogen) atoms. The van der Waals surface area contributed by atoms with Gasteiger partial charge in [0, 0.05) is 0 Å². The van der Waals surface area contributed by atoms with E-state index in [-0.39, 0.29) is 0 Å². The molecule has 0 aromatic heterocycles. The van der Waals surface area contributed by atoms with Gasteiger partial charge in [0.1, 0.15) is 0 Å². The highest BCUT2D eigenvalue weighted by Gasteiger charge is 2.02. The third-order valence-electron chi connectivity index (χ3n) is 4.44. The van der Waals surface area contributed by atoms with E-state index in [0.717, 1.165) is 5.92 Å². The first-order valence-electron chi connectivity index (χ1n) is 9.62. The highest BCUT2D eigenvalue weighted by atomic mass is 14.1. The van der Waals surface area contributed by atoms with Gasteiger partial charge in [-0.25, -0.2) is 0 Å². The highest BCUT2D eigenvalue weighted by molar-refractivity contribution is 4.61. The quantitative estimate of drug-likeness (QED) is 0.254. The van der Waals surface area contributed by atoms with Crippen molar-refractivity contribution < 1.29 is 0 Å². The number of hydrogen-bond donors (Lipinski definition) is 0. The van der Waals surface area contributed by atoms with E-state index in [4.69, 9.17) is 0 Å². The van der Waals surface area contributed by atoms with Gasteiger partial charge in [-0.05, 0) is 12.3 Å². The largest absolute Gasteiger partial charge is 0.0654 e. The molecule has 1 radical (unpaired) electrons. The number of unbranched alkanes of at least 4 members (excludes halogenated alkanes) is 12. The van der Waals surface area contributed by atoms with E-state index in [9.17, 15) is 0 Å². The molecule has 0 aliphatic heterocycles. The van der Waals surface area contributed by atoms with Crippen LogP contribution in [0.1, 0.15) is 117 Å². The van der Waals surface area contributed by atoms with Crippen LogP contribution in [0.4, 0.5) is 0 Å². The van der Waals surface area contributed by atoms with Gasteiger partial charge in [-0.15, -0.1) is 0 Å². The van der Waals surface area contributed by atoms with Crippen molar-refractivity contribution in [2.45, 2.75) is 117 Å². The Bertz CT molecular complexity index is 161. The van der Waals surface area contributed by atoms with Gasteiger partial charge in [0.2, 0.25) is 0 Å². The maximum Gasteiger partial charge on any atom is -0.0389 e. The van der Waals surface area contributed by atoms with Gasteiger partial charge in [0.25, 0.3) is 0 Å². The zero-order valence-corrected chi connectivity index (χ0v) is 14.8. The third kappa shape index (κ3) is 16.1. The van der Waals surface area contributed by atoms with E-state index >= 15 is 0 Å². The zero-order chi connectivity index (χ0) is 14.9. The fraction of sp³-hybridized carbons (Fsp3) is 0.950. The molecule has 121 valence electrons. The summed E-state index contributed by atoms with van der Waals surface area (Å²) in [6.45, 7) is 7.00. The lowest BCUT2D eigenvalue weighted by Crippen LogP contribution is -1.95. The highest BCUT2D eigenvalue weighted by Crippen LogP contribution is 2.18. The Morgan fingerprint density at radius 2 is 1.15 bits per heavy atom. The molecule has 0 nitrogen and oxygen atoms in total. The summed E-state index contributed by atoms with van der Waals surface area (Å²) in [7, 11) is 0. The fourth-order valence-electron chi connectivity index (χ4n) is 2.93. The summed E-state index contributed by atoms with van der Waals surface area (Å²) >= 11 is 0. The first kappa shape index (κ1) is 20.0. The first-order valence-corrected chi connectivity index (χ1v) is 9.62. The molecular weight excluding hydrogens is 240 g/mol. The normalized spacial score (nSPS) is 12.8. The van der Waals surface area contributed by atoms with Crippen molar-refractivity contribution in [2.75, 3.05) is 0 Å². The van der Waals surface area contributed by atoms with Gasteiger partial charge in [-0.3, -0.25) is 0 Å². The van der Waals surface area contributed by atoms with Gasteiger partial charge in [0.05, 0.1) is 0 Å². The molecule has 0 spiro atoms. The Kier molecular flexibility index (Phi) is 17.1. The van der Waals surface area contributed by atoms with Crippen molar-refractivity contribution in [3.63, 3.8) is 0 Å². The molecule has 0 N–H and O–H groups in total. The van der Waals surface area contributed by atoms with Crippen LogP contribution in [-0.2, 0) is 0 Å². The molecule has 0 bridgehead atoms.